The Morgan fingerprint density at radius 3 is 2.36 bits per heavy atom. The Bertz CT molecular complexity index is 549. The quantitative estimate of drug-likeness (QED) is 0.782. The van der Waals surface area contributed by atoms with Crippen LogP contribution in [0.1, 0.15) is 22.5 Å². The van der Waals surface area contributed by atoms with Gasteiger partial charge in [-0.3, -0.25) is 9.59 Å². The van der Waals surface area contributed by atoms with Crippen molar-refractivity contribution in [3.63, 3.8) is 0 Å². The number of rotatable bonds is 2. The lowest BCUT2D eigenvalue weighted by Gasteiger charge is -2.35. The molecular weight excluding hydrogens is 368 g/mol. The van der Waals surface area contributed by atoms with Crippen LogP contribution >= 0.6 is 27.3 Å². The number of ether oxygens (including phenoxy) is 1. The zero-order chi connectivity index (χ0) is 15.5. The molecule has 2 fully saturated rings. The van der Waals surface area contributed by atoms with Crippen LogP contribution < -0.4 is 0 Å². The van der Waals surface area contributed by atoms with Gasteiger partial charge >= 0.3 is 0 Å². The summed E-state index contributed by atoms with van der Waals surface area (Å²) in [6.07, 6.45) is 1.52. The lowest BCUT2D eigenvalue weighted by Crippen LogP contribution is -2.47. The molecule has 0 radical (unpaired) electrons. The van der Waals surface area contributed by atoms with Crippen LogP contribution in [0.5, 0.6) is 0 Å². The molecule has 0 saturated carbocycles. The molecule has 0 unspecified atom stereocenters. The van der Waals surface area contributed by atoms with Crippen LogP contribution in [0.3, 0.4) is 0 Å². The summed E-state index contributed by atoms with van der Waals surface area (Å²) in [6.45, 7) is 3.99. The number of hydrogen-bond acceptors (Lipinski definition) is 4. The van der Waals surface area contributed by atoms with E-state index >= 15 is 0 Å². The SMILES string of the molecule is O=C(c1ccc(Br)s1)N1CCC(C(=O)N2CCOCC2)CC1. The van der Waals surface area contributed by atoms with Crippen LogP contribution in [0.4, 0.5) is 0 Å². The number of thiophene rings is 1. The maximum atomic E-state index is 12.5. The van der Waals surface area contributed by atoms with Crippen LogP contribution in [0.15, 0.2) is 15.9 Å². The van der Waals surface area contributed by atoms with Crippen molar-refractivity contribution in [1.82, 2.24) is 9.80 Å². The van der Waals surface area contributed by atoms with Gasteiger partial charge in [0.15, 0.2) is 0 Å². The molecule has 2 amide bonds. The summed E-state index contributed by atoms with van der Waals surface area (Å²) in [5.41, 5.74) is 0. The van der Waals surface area contributed by atoms with Gasteiger partial charge in [0.25, 0.3) is 5.91 Å². The van der Waals surface area contributed by atoms with Crippen molar-refractivity contribution in [2.24, 2.45) is 5.92 Å². The largest absolute Gasteiger partial charge is 0.378 e. The van der Waals surface area contributed by atoms with Crippen LogP contribution in [-0.2, 0) is 9.53 Å². The molecule has 2 aliphatic rings. The molecule has 3 rings (SSSR count). The van der Waals surface area contributed by atoms with Crippen molar-refractivity contribution in [2.45, 2.75) is 12.8 Å². The predicted octanol–water partition coefficient (Wildman–Crippen LogP) is 2.22. The summed E-state index contributed by atoms with van der Waals surface area (Å²) in [7, 11) is 0. The van der Waals surface area contributed by atoms with Gasteiger partial charge in [0, 0.05) is 32.1 Å². The van der Waals surface area contributed by atoms with Crippen molar-refractivity contribution >= 4 is 39.1 Å². The smallest absolute Gasteiger partial charge is 0.263 e. The Balaban J connectivity index is 1.53. The van der Waals surface area contributed by atoms with Gasteiger partial charge in [-0.05, 0) is 40.9 Å². The number of likely N-dealkylation sites (tertiary alicyclic amines) is 1. The molecule has 120 valence electrons. The van der Waals surface area contributed by atoms with Gasteiger partial charge in [-0.15, -0.1) is 11.3 Å². The molecule has 22 heavy (non-hydrogen) atoms. The van der Waals surface area contributed by atoms with Crippen molar-refractivity contribution in [2.75, 3.05) is 39.4 Å². The van der Waals surface area contributed by atoms with Crippen molar-refractivity contribution in [3.8, 4) is 0 Å². The van der Waals surface area contributed by atoms with E-state index in [4.69, 9.17) is 4.74 Å². The second-order valence-corrected chi connectivity index (χ2v) is 8.07. The summed E-state index contributed by atoms with van der Waals surface area (Å²) in [6, 6.07) is 3.74. The number of carbonyl (C=O) groups is 2. The number of morpholine rings is 1. The van der Waals surface area contributed by atoms with Gasteiger partial charge in [-0.25, -0.2) is 0 Å². The summed E-state index contributed by atoms with van der Waals surface area (Å²) in [4.78, 5) is 29.4. The topological polar surface area (TPSA) is 49.9 Å². The molecule has 2 saturated heterocycles. The standard InChI is InChI=1S/C15H19BrN2O3S/c16-13-2-1-12(22-13)15(20)17-5-3-11(4-6-17)14(19)18-7-9-21-10-8-18/h1-2,11H,3-10H2. The highest BCUT2D eigenvalue weighted by Crippen LogP contribution is 2.26. The normalized spacial score (nSPS) is 20.2. The first-order chi connectivity index (χ1) is 10.6. The van der Waals surface area contributed by atoms with Crippen molar-refractivity contribution in [3.05, 3.63) is 20.8 Å². The zero-order valence-electron chi connectivity index (χ0n) is 12.3. The number of piperidine rings is 1. The highest BCUT2D eigenvalue weighted by molar-refractivity contribution is 9.11. The number of hydrogen-bond donors (Lipinski definition) is 0. The maximum Gasteiger partial charge on any atom is 0.263 e. The van der Waals surface area contributed by atoms with Gasteiger partial charge in [0.2, 0.25) is 5.91 Å². The fourth-order valence-electron chi connectivity index (χ4n) is 2.96. The average Bonchev–Trinajstić information content (AvgIpc) is 3.01. The first kappa shape index (κ1) is 16.0. The molecule has 7 heteroatoms. The number of halogens is 1. The van der Waals surface area contributed by atoms with Gasteiger partial charge in [-0.1, -0.05) is 0 Å². The minimum absolute atomic E-state index is 0.0530. The second kappa shape index (κ2) is 7.10. The van der Waals surface area contributed by atoms with E-state index in [1.54, 1.807) is 0 Å². The molecule has 3 heterocycles. The number of nitrogens with zero attached hydrogens (tertiary/aromatic N) is 2. The molecule has 2 aliphatic heterocycles. The Morgan fingerprint density at radius 2 is 1.77 bits per heavy atom. The van der Waals surface area contributed by atoms with E-state index < -0.39 is 0 Å². The van der Waals surface area contributed by atoms with Gasteiger partial charge in [0.1, 0.15) is 0 Å². The van der Waals surface area contributed by atoms with E-state index in [9.17, 15) is 9.59 Å². The molecule has 1 aromatic rings. The van der Waals surface area contributed by atoms with E-state index in [2.05, 4.69) is 15.9 Å². The fourth-order valence-corrected chi connectivity index (χ4v) is 4.31. The van der Waals surface area contributed by atoms with Crippen LogP contribution in [0, 0.1) is 5.92 Å². The summed E-state index contributed by atoms with van der Waals surface area (Å²) in [5, 5.41) is 0. The van der Waals surface area contributed by atoms with Crippen LogP contribution in [0.25, 0.3) is 0 Å². The molecule has 0 N–H and O–H groups in total. The van der Waals surface area contributed by atoms with E-state index in [0.717, 1.165) is 21.5 Å². The summed E-state index contributed by atoms with van der Waals surface area (Å²) < 4.78 is 6.25. The molecule has 0 aliphatic carbocycles. The van der Waals surface area contributed by atoms with Crippen molar-refractivity contribution in [1.29, 1.82) is 0 Å². The van der Waals surface area contributed by atoms with Crippen LogP contribution in [-0.4, -0.2) is 61.0 Å². The minimum Gasteiger partial charge on any atom is -0.378 e. The Morgan fingerprint density at radius 1 is 1.09 bits per heavy atom. The number of amides is 2. The third kappa shape index (κ3) is 3.52. The summed E-state index contributed by atoms with van der Waals surface area (Å²) >= 11 is 4.84. The molecule has 0 aromatic carbocycles. The Labute approximate surface area is 142 Å². The van der Waals surface area contributed by atoms with E-state index in [-0.39, 0.29) is 17.7 Å². The van der Waals surface area contributed by atoms with E-state index in [0.29, 0.717) is 39.4 Å². The monoisotopic (exact) mass is 386 g/mol. The predicted molar refractivity (Wildman–Crippen MR) is 88.0 cm³/mol. The molecule has 1 aromatic heterocycles. The van der Waals surface area contributed by atoms with Gasteiger partial charge < -0.3 is 14.5 Å². The fraction of sp³-hybridized carbons (Fsp3) is 0.600. The maximum absolute atomic E-state index is 12.5. The zero-order valence-corrected chi connectivity index (χ0v) is 14.7. The third-order valence-electron chi connectivity index (χ3n) is 4.24. The lowest BCUT2D eigenvalue weighted by atomic mass is 9.95. The molecular formula is C15H19BrN2O3S. The molecule has 0 bridgehead atoms. The molecule has 0 spiro atoms. The lowest BCUT2D eigenvalue weighted by molar-refractivity contribution is -0.141. The van der Waals surface area contributed by atoms with E-state index in [1.807, 2.05) is 21.9 Å². The van der Waals surface area contributed by atoms with E-state index in [1.165, 1.54) is 11.3 Å². The van der Waals surface area contributed by atoms with Crippen LogP contribution in [0.2, 0.25) is 0 Å². The summed E-state index contributed by atoms with van der Waals surface area (Å²) in [5.74, 6) is 0.361. The Hall–Kier alpha value is -0.920. The first-order valence-electron chi connectivity index (χ1n) is 7.56. The number of carbonyl (C=O) groups excluding carboxylic acids is 2. The minimum atomic E-state index is 0.0530. The van der Waals surface area contributed by atoms with Crippen molar-refractivity contribution < 1.29 is 14.3 Å². The van der Waals surface area contributed by atoms with Gasteiger partial charge in [-0.2, -0.15) is 0 Å². The first-order valence-corrected chi connectivity index (χ1v) is 9.17. The third-order valence-corrected chi connectivity index (χ3v) is 5.85. The molecule has 0 atom stereocenters. The highest BCUT2D eigenvalue weighted by Gasteiger charge is 2.31. The average molecular weight is 387 g/mol. The van der Waals surface area contributed by atoms with Gasteiger partial charge in [0.05, 0.1) is 21.9 Å². The highest BCUT2D eigenvalue weighted by atomic mass is 79.9. The Kier molecular flexibility index (Phi) is 5.15. The molecule has 5 nitrogen and oxygen atoms in total. The second-order valence-electron chi connectivity index (χ2n) is 5.61.